The Morgan fingerprint density at radius 1 is 1.00 bits per heavy atom. The summed E-state index contributed by atoms with van der Waals surface area (Å²) in [5, 5.41) is 14.0. The van der Waals surface area contributed by atoms with E-state index >= 15 is 0 Å². The summed E-state index contributed by atoms with van der Waals surface area (Å²) in [5.41, 5.74) is 2.67. The predicted octanol–water partition coefficient (Wildman–Crippen LogP) is 3.81. The summed E-state index contributed by atoms with van der Waals surface area (Å²) in [6, 6.07) is 19.2. The molecule has 2 heterocycles. The Balaban J connectivity index is 1.62. The van der Waals surface area contributed by atoms with Crippen molar-refractivity contribution in [2.45, 2.75) is 6.92 Å². The van der Waals surface area contributed by atoms with Crippen LogP contribution in [0, 0.1) is 0 Å². The van der Waals surface area contributed by atoms with Crippen molar-refractivity contribution in [3.8, 4) is 22.7 Å². The van der Waals surface area contributed by atoms with Crippen LogP contribution in [0.2, 0.25) is 0 Å². The number of urea groups is 1. The summed E-state index contributed by atoms with van der Waals surface area (Å²) in [6.45, 7) is 3.08. The Labute approximate surface area is 195 Å². The highest BCUT2D eigenvalue weighted by Crippen LogP contribution is 2.35. The number of nitrogens with zero attached hydrogens (tertiary/aromatic N) is 2. The first-order valence-corrected chi connectivity index (χ1v) is 11.4. The number of thiophene rings is 1. The number of carbonyl (C=O) groups is 2. The third-order valence-electron chi connectivity index (χ3n) is 4.98. The van der Waals surface area contributed by atoms with Crippen LogP contribution in [0.5, 0.6) is 5.75 Å². The molecule has 0 aliphatic carbocycles. The first kappa shape index (κ1) is 22.3. The number of carbonyl (C=O) groups excluding carboxylic acids is 2. The van der Waals surface area contributed by atoms with Gasteiger partial charge in [-0.1, -0.05) is 30.3 Å². The van der Waals surface area contributed by atoms with Gasteiger partial charge in [0.25, 0.3) is 5.91 Å². The minimum absolute atomic E-state index is 0.186. The average molecular weight is 464 g/mol. The van der Waals surface area contributed by atoms with Gasteiger partial charge >= 0.3 is 6.03 Å². The van der Waals surface area contributed by atoms with Gasteiger partial charge in [-0.25, -0.2) is 9.48 Å². The van der Waals surface area contributed by atoms with Crippen LogP contribution in [0.25, 0.3) is 27.2 Å². The Bertz CT molecular complexity index is 1250. The summed E-state index contributed by atoms with van der Waals surface area (Å²) >= 11 is 1.38. The molecule has 0 saturated heterocycles. The molecule has 0 spiro atoms. The molecule has 0 fully saturated rings. The lowest BCUT2D eigenvalue weighted by Crippen LogP contribution is -2.40. The third-order valence-corrected chi connectivity index (χ3v) is 6.09. The van der Waals surface area contributed by atoms with Crippen LogP contribution in [0.1, 0.15) is 16.6 Å². The molecule has 0 unspecified atom stereocenters. The van der Waals surface area contributed by atoms with Crippen LogP contribution >= 0.6 is 11.3 Å². The molecule has 3 N–H and O–H groups in total. The first-order valence-electron chi connectivity index (χ1n) is 10.6. The average Bonchev–Trinajstić information content (AvgIpc) is 3.42. The zero-order chi connectivity index (χ0) is 23.2. The minimum Gasteiger partial charge on any atom is -0.497 e. The molecule has 0 saturated carbocycles. The third kappa shape index (κ3) is 4.98. The lowest BCUT2D eigenvalue weighted by atomic mass is 10.1. The fourth-order valence-electron chi connectivity index (χ4n) is 3.39. The number of ether oxygens (including phenoxy) is 1. The second-order valence-electron chi connectivity index (χ2n) is 7.20. The molecule has 0 aliphatic heterocycles. The molecule has 3 amide bonds. The van der Waals surface area contributed by atoms with E-state index in [2.05, 4.69) is 16.0 Å². The molecule has 33 heavy (non-hydrogen) atoms. The summed E-state index contributed by atoms with van der Waals surface area (Å²) in [6.07, 6.45) is 0. The van der Waals surface area contributed by atoms with Crippen molar-refractivity contribution < 1.29 is 14.3 Å². The van der Waals surface area contributed by atoms with Gasteiger partial charge in [-0.05, 0) is 37.3 Å². The van der Waals surface area contributed by atoms with Gasteiger partial charge in [0.1, 0.15) is 16.3 Å². The lowest BCUT2D eigenvalue weighted by Gasteiger charge is -2.07. The van der Waals surface area contributed by atoms with Crippen molar-refractivity contribution >= 4 is 33.5 Å². The summed E-state index contributed by atoms with van der Waals surface area (Å²) < 4.78 is 7.12. The number of hydrogen-bond donors (Lipinski definition) is 3. The molecule has 0 aliphatic rings. The molecular formula is C24H25N5O3S. The number of benzene rings is 2. The number of rotatable bonds is 8. The quantitative estimate of drug-likeness (QED) is 0.346. The highest BCUT2D eigenvalue weighted by atomic mass is 32.1. The molecule has 170 valence electrons. The molecule has 4 rings (SSSR count). The van der Waals surface area contributed by atoms with Crippen LogP contribution in [0.4, 0.5) is 4.79 Å². The van der Waals surface area contributed by atoms with E-state index < -0.39 is 0 Å². The Hall–Kier alpha value is -3.85. The van der Waals surface area contributed by atoms with Gasteiger partial charge in [0.05, 0.1) is 17.7 Å². The smallest absolute Gasteiger partial charge is 0.314 e. The summed E-state index contributed by atoms with van der Waals surface area (Å²) in [7, 11) is 1.63. The van der Waals surface area contributed by atoms with Gasteiger partial charge < -0.3 is 20.7 Å². The first-order chi connectivity index (χ1) is 16.1. The highest BCUT2D eigenvalue weighted by molar-refractivity contribution is 7.20. The molecular weight excluding hydrogens is 438 g/mol. The normalized spacial score (nSPS) is 10.7. The minimum atomic E-state index is -0.249. The fraction of sp³-hybridized carbons (Fsp3) is 0.208. The van der Waals surface area contributed by atoms with Gasteiger partial charge in [-0.2, -0.15) is 5.10 Å². The van der Waals surface area contributed by atoms with Gasteiger partial charge in [0.15, 0.2) is 0 Å². The number of hydrogen-bond acceptors (Lipinski definition) is 5. The highest BCUT2D eigenvalue weighted by Gasteiger charge is 2.20. The monoisotopic (exact) mass is 463 g/mol. The van der Waals surface area contributed by atoms with Crippen LogP contribution in [0.15, 0.2) is 60.7 Å². The number of nitrogens with one attached hydrogen (secondary N) is 3. The zero-order valence-corrected chi connectivity index (χ0v) is 19.2. The Kier molecular flexibility index (Phi) is 6.89. The van der Waals surface area contributed by atoms with Crippen molar-refractivity contribution in [3.63, 3.8) is 0 Å². The van der Waals surface area contributed by atoms with Crippen molar-refractivity contribution in [2.24, 2.45) is 0 Å². The largest absolute Gasteiger partial charge is 0.497 e. The molecule has 0 bridgehead atoms. The fourth-order valence-corrected chi connectivity index (χ4v) is 4.44. The number of fused-ring (bicyclic) bond motifs is 1. The molecule has 8 nitrogen and oxygen atoms in total. The van der Waals surface area contributed by atoms with Crippen LogP contribution in [-0.2, 0) is 0 Å². The topological polar surface area (TPSA) is 97.3 Å². The van der Waals surface area contributed by atoms with Gasteiger partial charge in [-0.15, -0.1) is 11.3 Å². The van der Waals surface area contributed by atoms with Crippen LogP contribution in [0.3, 0.4) is 0 Å². The van der Waals surface area contributed by atoms with E-state index in [0.717, 1.165) is 32.9 Å². The van der Waals surface area contributed by atoms with Gasteiger partial charge in [0.2, 0.25) is 0 Å². The molecule has 2 aromatic heterocycles. The van der Waals surface area contributed by atoms with Crippen molar-refractivity contribution in [1.82, 2.24) is 25.7 Å². The van der Waals surface area contributed by atoms with Crippen LogP contribution < -0.4 is 20.7 Å². The van der Waals surface area contributed by atoms with E-state index in [9.17, 15) is 9.59 Å². The summed E-state index contributed by atoms with van der Waals surface area (Å²) in [4.78, 5) is 25.7. The van der Waals surface area contributed by atoms with Gasteiger partial charge in [0, 0.05) is 30.6 Å². The second kappa shape index (κ2) is 10.2. The maximum atomic E-state index is 12.8. The number of amides is 3. The van der Waals surface area contributed by atoms with Crippen LogP contribution in [-0.4, -0.2) is 48.5 Å². The van der Waals surface area contributed by atoms with Crippen molar-refractivity contribution in [1.29, 1.82) is 0 Å². The van der Waals surface area contributed by atoms with Gasteiger partial charge in [-0.3, -0.25) is 4.79 Å². The summed E-state index contributed by atoms with van der Waals surface area (Å²) in [5.74, 6) is 0.576. The molecule has 4 aromatic rings. The van der Waals surface area contributed by atoms with E-state index in [1.807, 2.05) is 72.3 Å². The van der Waals surface area contributed by atoms with Crippen molar-refractivity contribution in [3.05, 3.63) is 65.5 Å². The zero-order valence-electron chi connectivity index (χ0n) is 18.4. The van der Waals surface area contributed by atoms with Crippen molar-refractivity contribution in [2.75, 3.05) is 26.7 Å². The SMILES string of the molecule is CCNC(=O)NCCNC(=O)c1cc2c(-c3ccccc3)nn(-c3ccc(OC)cc3)c2s1. The lowest BCUT2D eigenvalue weighted by molar-refractivity contribution is 0.0958. The predicted molar refractivity (Wildman–Crippen MR) is 130 cm³/mol. The molecule has 2 aromatic carbocycles. The maximum Gasteiger partial charge on any atom is 0.314 e. The molecule has 9 heteroatoms. The maximum absolute atomic E-state index is 12.8. The Morgan fingerprint density at radius 3 is 2.42 bits per heavy atom. The molecule has 0 atom stereocenters. The standard InChI is InChI=1S/C24H25N5O3S/c1-3-25-24(31)27-14-13-26-22(30)20-15-19-21(16-7-5-4-6-8-16)28-29(23(19)33-20)17-9-11-18(32-2)12-10-17/h4-12,15H,3,13-14H2,1-2H3,(H,26,30)(H2,25,27,31). The van der Waals surface area contributed by atoms with E-state index in [1.165, 1.54) is 11.3 Å². The Morgan fingerprint density at radius 2 is 1.73 bits per heavy atom. The molecule has 0 radical (unpaired) electrons. The second-order valence-corrected chi connectivity index (χ2v) is 8.23. The van der Waals surface area contributed by atoms with E-state index in [-0.39, 0.29) is 11.9 Å². The number of methoxy groups -OCH3 is 1. The van der Waals surface area contributed by atoms with E-state index in [0.29, 0.717) is 24.5 Å². The van der Waals surface area contributed by atoms with E-state index in [4.69, 9.17) is 9.84 Å². The van der Waals surface area contributed by atoms with E-state index in [1.54, 1.807) is 7.11 Å². The number of aromatic nitrogens is 2.